The van der Waals surface area contributed by atoms with Crippen LogP contribution in [0.4, 0.5) is 0 Å². The van der Waals surface area contributed by atoms with Crippen molar-refractivity contribution >= 4 is 43.7 Å². The summed E-state index contributed by atoms with van der Waals surface area (Å²) in [4.78, 5) is 16.9. The smallest absolute Gasteiger partial charge is 0.195 e. The lowest BCUT2D eigenvalue weighted by Crippen LogP contribution is -2.08. The first-order valence-corrected chi connectivity index (χ1v) is 10.1. The highest BCUT2D eigenvalue weighted by Crippen LogP contribution is 2.34. The number of nitrogens with zero attached hydrogens (tertiary/aromatic N) is 4. The summed E-state index contributed by atoms with van der Waals surface area (Å²) in [5.41, 5.74) is 3.45. The Morgan fingerprint density at radius 3 is 2.64 bits per heavy atom. The highest BCUT2D eigenvalue weighted by atomic mass is 127. The first-order chi connectivity index (χ1) is 13.5. The molecular weight excluding hydrogens is 491 g/mol. The summed E-state index contributed by atoms with van der Waals surface area (Å²) in [7, 11) is 1.63. The average Bonchev–Trinajstić information content (AvgIpc) is 3.00. The van der Waals surface area contributed by atoms with Gasteiger partial charge in [0.05, 0.1) is 18.5 Å². The van der Waals surface area contributed by atoms with Gasteiger partial charge in [-0.3, -0.25) is 14.4 Å². The Morgan fingerprint density at radius 1 is 1.21 bits per heavy atom. The highest BCUT2D eigenvalue weighted by Gasteiger charge is 2.29. The van der Waals surface area contributed by atoms with Gasteiger partial charge < -0.3 is 4.74 Å². The van der Waals surface area contributed by atoms with Crippen molar-refractivity contribution in [1.82, 2.24) is 14.8 Å². The molecule has 1 aromatic heterocycles. The minimum absolute atomic E-state index is 0.0116. The molecule has 0 aliphatic carbocycles. The van der Waals surface area contributed by atoms with Crippen molar-refractivity contribution in [3.8, 4) is 11.4 Å². The summed E-state index contributed by atoms with van der Waals surface area (Å²) in [5.74, 6) is 2.11. The average molecular weight is 507 g/mol. The molecule has 3 aromatic rings. The summed E-state index contributed by atoms with van der Waals surface area (Å²) in [5, 5.41) is 9.21. The molecule has 1 aliphatic rings. The van der Waals surface area contributed by atoms with Crippen LogP contribution in [-0.2, 0) is 4.79 Å². The van der Waals surface area contributed by atoms with E-state index in [1.165, 1.54) is 0 Å². The largest absolute Gasteiger partial charge is 0.497 e. The highest BCUT2D eigenvalue weighted by molar-refractivity contribution is 14.1. The number of hydrogen-bond acceptors (Lipinski definition) is 5. The Bertz CT molecular complexity index is 1090. The molecule has 4 rings (SSSR count). The fraction of sp³-hybridized carbons (Fsp3) is 0.200. The molecule has 6 nitrogen and oxygen atoms in total. The molecule has 0 radical (unpaired) electrons. The normalized spacial score (nSPS) is 15.3. The molecule has 142 valence electrons. The van der Waals surface area contributed by atoms with Crippen LogP contribution < -0.4 is 4.74 Å². The third-order valence-electron chi connectivity index (χ3n) is 4.60. The van der Waals surface area contributed by atoms with Crippen LogP contribution >= 0.6 is 34.2 Å². The third-order valence-corrected chi connectivity index (χ3v) is 5.30. The maximum Gasteiger partial charge on any atom is 0.195 e. The minimum atomic E-state index is -0.435. The van der Waals surface area contributed by atoms with Crippen LogP contribution in [0.2, 0.25) is 5.02 Å². The summed E-state index contributed by atoms with van der Waals surface area (Å²) < 4.78 is 7.42. The van der Waals surface area contributed by atoms with E-state index < -0.39 is 6.04 Å². The van der Waals surface area contributed by atoms with Gasteiger partial charge in [0.1, 0.15) is 17.6 Å². The van der Waals surface area contributed by atoms with Crippen molar-refractivity contribution < 1.29 is 9.53 Å². The predicted molar refractivity (Wildman–Crippen MR) is 116 cm³/mol. The van der Waals surface area contributed by atoms with Gasteiger partial charge in [-0.2, -0.15) is 0 Å². The first kappa shape index (κ1) is 19.1. The van der Waals surface area contributed by atoms with E-state index in [2.05, 4.69) is 10.2 Å². The number of rotatable bonds is 4. The molecular formula is C20H16ClIN4O2. The zero-order valence-electron chi connectivity index (χ0n) is 15.2. The van der Waals surface area contributed by atoms with Crippen LogP contribution in [0.15, 0.2) is 47.5 Å². The van der Waals surface area contributed by atoms with Gasteiger partial charge in [0.15, 0.2) is 9.61 Å². The Balaban J connectivity index is 2.02. The fourth-order valence-corrected chi connectivity index (χ4v) is 3.87. The van der Waals surface area contributed by atoms with Crippen molar-refractivity contribution in [2.45, 2.75) is 19.4 Å². The molecule has 0 amide bonds. The maximum absolute atomic E-state index is 11.9. The number of methoxy groups -OCH3 is 1. The van der Waals surface area contributed by atoms with Gasteiger partial charge in [-0.1, -0.05) is 23.7 Å². The van der Waals surface area contributed by atoms with E-state index in [-0.39, 0.29) is 10.2 Å². The number of hydrogen-bond donors (Lipinski definition) is 0. The van der Waals surface area contributed by atoms with Crippen LogP contribution in [0.1, 0.15) is 35.2 Å². The number of aromatic nitrogens is 3. The quantitative estimate of drug-likeness (QED) is 0.386. The lowest BCUT2D eigenvalue weighted by Gasteiger charge is -2.14. The van der Waals surface area contributed by atoms with Gasteiger partial charge in [-0.25, -0.2) is 0 Å². The van der Waals surface area contributed by atoms with Gasteiger partial charge in [0, 0.05) is 22.6 Å². The van der Waals surface area contributed by atoms with E-state index in [1.54, 1.807) is 29.7 Å². The molecule has 0 bridgehead atoms. The van der Waals surface area contributed by atoms with Crippen LogP contribution in [0.5, 0.6) is 5.75 Å². The van der Waals surface area contributed by atoms with Crippen molar-refractivity contribution in [3.63, 3.8) is 0 Å². The molecule has 1 atom stereocenters. The zero-order valence-corrected chi connectivity index (χ0v) is 18.1. The molecule has 0 spiro atoms. The molecule has 2 aromatic carbocycles. The van der Waals surface area contributed by atoms with Crippen LogP contribution in [0.25, 0.3) is 5.69 Å². The molecule has 0 saturated heterocycles. The van der Waals surface area contributed by atoms with E-state index in [0.717, 1.165) is 34.1 Å². The lowest BCUT2D eigenvalue weighted by atomic mass is 10.00. The Kier molecular flexibility index (Phi) is 5.20. The molecule has 0 fully saturated rings. The standard InChI is InChI=1S/C20H16ClIN4O2/c1-11-24-25-20-16(10-18(22)27)23-19(12-3-5-13(21)6-4-12)15-9-14(28-2)7-8-17(15)26(11)20/h3-9,16H,10H2,1-2H3/t16-/m0/s1. The maximum atomic E-state index is 11.9. The summed E-state index contributed by atoms with van der Waals surface area (Å²) in [6, 6.07) is 12.9. The van der Waals surface area contributed by atoms with Gasteiger partial charge in [0.2, 0.25) is 0 Å². The van der Waals surface area contributed by atoms with Gasteiger partial charge in [-0.05, 0) is 59.8 Å². The fourth-order valence-electron chi connectivity index (χ4n) is 3.33. The summed E-state index contributed by atoms with van der Waals surface area (Å²) in [6.45, 7) is 1.89. The van der Waals surface area contributed by atoms with Crippen LogP contribution in [-0.4, -0.2) is 31.4 Å². The number of carbonyl (C=O) groups excluding carboxylic acids is 1. The Labute approximate surface area is 180 Å². The van der Waals surface area contributed by atoms with Gasteiger partial charge in [-0.15, -0.1) is 10.2 Å². The van der Waals surface area contributed by atoms with Crippen molar-refractivity contribution in [1.29, 1.82) is 0 Å². The SMILES string of the molecule is COc1ccc2c(c1)C(c1ccc(Cl)cc1)=N[C@@H](CC(=O)I)c1nnc(C)n1-2. The number of carbonyl (C=O) groups is 1. The third kappa shape index (κ3) is 3.44. The van der Waals surface area contributed by atoms with E-state index >= 15 is 0 Å². The molecule has 1 aliphatic heterocycles. The van der Waals surface area contributed by atoms with Crippen molar-refractivity contribution in [3.05, 3.63) is 70.3 Å². The van der Waals surface area contributed by atoms with Crippen molar-refractivity contribution in [2.75, 3.05) is 7.11 Å². The predicted octanol–water partition coefficient (Wildman–Crippen LogP) is 4.48. The van der Waals surface area contributed by atoms with E-state index in [0.29, 0.717) is 10.8 Å². The lowest BCUT2D eigenvalue weighted by molar-refractivity contribution is -0.109. The van der Waals surface area contributed by atoms with E-state index in [9.17, 15) is 4.79 Å². The summed E-state index contributed by atoms with van der Waals surface area (Å²) >= 11 is 7.87. The summed E-state index contributed by atoms with van der Waals surface area (Å²) in [6.07, 6.45) is 0.237. The second-order valence-electron chi connectivity index (χ2n) is 6.38. The monoisotopic (exact) mass is 506 g/mol. The number of fused-ring (bicyclic) bond motifs is 3. The molecule has 0 saturated carbocycles. The molecule has 0 unspecified atom stereocenters. The molecule has 8 heteroatoms. The minimum Gasteiger partial charge on any atom is -0.497 e. The number of aliphatic imine (C=N–C) groups is 1. The Hall–Kier alpha value is -2.26. The number of aryl methyl sites for hydroxylation is 1. The topological polar surface area (TPSA) is 69.4 Å². The number of halogens is 2. The second kappa shape index (κ2) is 7.63. The molecule has 0 N–H and O–H groups in total. The first-order valence-electron chi connectivity index (χ1n) is 8.60. The van der Waals surface area contributed by atoms with Gasteiger partial charge >= 0.3 is 0 Å². The van der Waals surface area contributed by atoms with E-state index in [4.69, 9.17) is 21.3 Å². The van der Waals surface area contributed by atoms with Crippen molar-refractivity contribution in [2.24, 2.45) is 4.99 Å². The van der Waals surface area contributed by atoms with Crippen LogP contribution in [0, 0.1) is 6.92 Å². The van der Waals surface area contributed by atoms with Crippen LogP contribution in [0.3, 0.4) is 0 Å². The molecule has 2 heterocycles. The second-order valence-corrected chi connectivity index (χ2v) is 8.02. The molecule has 28 heavy (non-hydrogen) atoms. The number of benzene rings is 2. The zero-order chi connectivity index (χ0) is 19.8. The number of ether oxygens (including phenoxy) is 1. The Morgan fingerprint density at radius 2 is 1.96 bits per heavy atom. The van der Waals surface area contributed by atoms with Gasteiger partial charge in [0.25, 0.3) is 0 Å². The van der Waals surface area contributed by atoms with E-state index in [1.807, 2.05) is 54.0 Å².